The van der Waals surface area contributed by atoms with E-state index in [-0.39, 0.29) is 23.7 Å². The third-order valence-electron chi connectivity index (χ3n) is 6.55. The molecule has 0 N–H and O–H groups in total. The molecule has 7 heteroatoms. The molecule has 190 valence electrons. The summed E-state index contributed by atoms with van der Waals surface area (Å²) < 4.78 is 28.4. The Bertz CT molecular complexity index is 1120. The van der Waals surface area contributed by atoms with E-state index in [2.05, 4.69) is 41.1 Å². The lowest BCUT2D eigenvalue weighted by Gasteiger charge is -2.24. The molecular formula is C29H35F2N5. The normalized spacial score (nSPS) is 21.8. The van der Waals surface area contributed by atoms with E-state index >= 15 is 0 Å². The number of likely N-dealkylation sites (N-methyl/N-ethyl adjacent to an activating group) is 1. The van der Waals surface area contributed by atoms with Crippen molar-refractivity contribution in [3.8, 4) is 0 Å². The van der Waals surface area contributed by atoms with E-state index in [4.69, 9.17) is 0 Å². The van der Waals surface area contributed by atoms with Gasteiger partial charge in [0.25, 0.3) is 0 Å². The van der Waals surface area contributed by atoms with Gasteiger partial charge in [-0.25, -0.2) is 13.9 Å². The van der Waals surface area contributed by atoms with Crippen LogP contribution in [0.3, 0.4) is 0 Å². The maximum Gasteiger partial charge on any atom is 0.168 e. The molecule has 0 bridgehead atoms. The van der Waals surface area contributed by atoms with E-state index in [0.29, 0.717) is 18.6 Å². The van der Waals surface area contributed by atoms with Gasteiger partial charge in [-0.15, -0.1) is 11.7 Å². The van der Waals surface area contributed by atoms with E-state index in [0.717, 1.165) is 29.7 Å². The number of rotatable bonds is 11. The van der Waals surface area contributed by atoms with Crippen LogP contribution in [0.25, 0.3) is 0 Å². The van der Waals surface area contributed by atoms with Crippen LogP contribution in [0.2, 0.25) is 0 Å². The quantitative estimate of drug-likeness (QED) is 0.244. The molecule has 3 rings (SSSR count). The lowest BCUT2D eigenvalue weighted by atomic mass is 9.92. The largest absolute Gasteiger partial charge is 0.281 e. The Morgan fingerprint density at radius 3 is 2.56 bits per heavy atom. The molecule has 5 nitrogen and oxygen atoms in total. The number of allylic oxidation sites excluding steroid dienone is 6. The first-order chi connectivity index (χ1) is 17.3. The maximum absolute atomic E-state index is 14.2. The van der Waals surface area contributed by atoms with Crippen molar-refractivity contribution in [2.45, 2.75) is 45.3 Å². The molecule has 3 atom stereocenters. The zero-order chi connectivity index (χ0) is 26.2. The van der Waals surface area contributed by atoms with E-state index < -0.39 is 11.6 Å². The van der Waals surface area contributed by atoms with Crippen LogP contribution in [0, 0.1) is 17.6 Å². The minimum Gasteiger partial charge on any atom is -0.281 e. The number of hydrogen-bond acceptors (Lipinski definition) is 5. The second-order valence-corrected chi connectivity index (χ2v) is 8.90. The Labute approximate surface area is 213 Å². The van der Waals surface area contributed by atoms with Crippen LogP contribution < -0.4 is 0 Å². The highest BCUT2D eigenvalue weighted by Crippen LogP contribution is 2.28. The maximum atomic E-state index is 14.2. The topological polar surface area (TPSA) is 43.6 Å². The SMILES string of the molecule is C=C/C=C(\C=C/C(=C)C1N=NN(CC)N1C)C(C=C)C/C=C(\C)C1CCC(c2c(F)cccc2F)=N1. The van der Waals surface area contributed by atoms with Gasteiger partial charge >= 0.3 is 0 Å². The fourth-order valence-corrected chi connectivity index (χ4v) is 4.40. The summed E-state index contributed by atoms with van der Waals surface area (Å²) in [6.07, 6.45) is 13.5. The summed E-state index contributed by atoms with van der Waals surface area (Å²) >= 11 is 0. The Hall–Kier alpha value is -3.45. The third kappa shape index (κ3) is 6.21. The van der Waals surface area contributed by atoms with Crippen LogP contribution in [-0.2, 0) is 0 Å². The molecule has 36 heavy (non-hydrogen) atoms. The van der Waals surface area contributed by atoms with Gasteiger partial charge in [0.2, 0.25) is 0 Å². The molecule has 0 aliphatic carbocycles. The lowest BCUT2D eigenvalue weighted by molar-refractivity contribution is 0.0207. The molecule has 0 saturated heterocycles. The summed E-state index contributed by atoms with van der Waals surface area (Å²) in [4.78, 5) is 4.65. The van der Waals surface area contributed by atoms with Crippen molar-refractivity contribution in [2.75, 3.05) is 13.6 Å². The summed E-state index contributed by atoms with van der Waals surface area (Å²) in [6, 6.07) is 3.83. The fourth-order valence-electron chi connectivity index (χ4n) is 4.40. The molecular weight excluding hydrogens is 456 g/mol. The molecule has 0 saturated carbocycles. The van der Waals surface area contributed by atoms with E-state index in [1.165, 1.54) is 18.2 Å². The highest BCUT2D eigenvalue weighted by molar-refractivity contribution is 6.02. The van der Waals surface area contributed by atoms with Crippen molar-refractivity contribution in [3.05, 3.63) is 108 Å². The lowest BCUT2D eigenvalue weighted by Crippen LogP contribution is -2.37. The van der Waals surface area contributed by atoms with Crippen molar-refractivity contribution >= 4 is 5.71 Å². The average Bonchev–Trinajstić information content (AvgIpc) is 3.49. The molecule has 2 heterocycles. The van der Waals surface area contributed by atoms with Gasteiger partial charge in [0.05, 0.1) is 18.2 Å². The molecule has 2 aliphatic heterocycles. The van der Waals surface area contributed by atoms with E-state index in [1.54, 1.807) is 11.2 Å². The third-order valence-corrected chi connectivity index (χ3v) is 6.55. The van der Waals surface area contributed by atoms with Crippen molar-refractivity contribution < 1.29 is 8.78 Å². The van der Waals surface area contributed by atoms with Crippen LogP contribution >= 0.6 is 0 Å². The number of hydrazine groups is 1. The minimum atomic E-state index is -0.567. The summed E-state index contributed by atoms with van der Waals surface area (Å²) in [5.74, 6) is -1.09. The number of hydrogen-bond donors (Lipinski definition) is 0. The average molecular weight is 492 g/mol. The predicted molar refractivity (Wildman–Crippen MR) is 143 cm³/mol. The molecule has 0 fully saturated rings. The van der Waals surface area contributed by atoms with Gasteiger partial charge in [-0.1, -0.05) is 66.5 Å². The number of nitrogens with zero attached hydrogens (tertiary/aromatic N) is 5. The van der Waals surface area contributed by atoms with Crippen LogP contribution in [0.1, 0.15) is 38.7 Å². The summed E-state index contributed by atoms with van der Waals surface area (Å²) in [6.45, 7) is 16.8. The van der Waals surface area contributed by atoms with Crippen molar-refractivity contribution in [2.24, 2.45) is 21.2 Å². The summed E-state index contributed by atoms with van der Waals surface area (Å²) in [7, 11) is 1.94. The summed E-state index contributed by atoms with van der Waals surface area (Å²) in [5, 5.41) is 12.2. The van der Waals surface area contributed by atoms with Gasteiger partial charge in [-0.3, -0.25) is 4.99 Å². The van der Waals surface area contributed by atoms with Gasteiger partial charge in [0.15, 0.2) is 6.17 Å². The van der Waals surface area contributed by atoms with E-state index in [1.807, 2.05) is 50.2 Å². The smallest absolute Gasteiger partial charge is 0.168 e. The van der Waals surface area contributed by atoms with Crippen LogP contribution in [-0.4, -0.2) is 41.6 Å². The van der Waals surface area contributed by atoms with E-state index in [9.17, 15) is 8.78 Å². The molecule has 0 aromatic heterocycles. The Kier molecular flexibility index (Phi) is 9.42. The standard InChI is InChI=1S/C29H35F2N5/c1-7-11-23(17-15-21(5)29-33-34-36(9-3)35(29)6)22(8-2)16-14-20(4)26-18-19-27(32-26)28-24(30)12-10-13-25(28)31/h7-8,10-15,17,22,26,29H,1-2,5,9,16,18-19H2,3-4,6H3/b17-15-,20-14+,23-11+. The van der Waals surface area contributed by atoms with Crippen molar-refractivity contribution in [1.82, 2.24) is 10.1 Å². The highest BCUT2D eigenvalue weighted by Gasteiger charge is 2.26. The van der Waals surface area contributed by atoms with Crippen molar-refractivity contribution in [3.63, 3.8) is 0 Å². The second kappa shape index (κ2) is 12.5. The number of aliphatic imine (C=N–C) groups is 1. The fraction of sp³-hybridized carbons (Fsp3) is 0.345. The molecule has 0 spiro atoms. The zero-order valence-corrected chi connectivity index (χ0v) is 21.4. The Morgan fingerprint density at radius 2 is 1.94 bits per heavy atom. The van der Waals surface area contributed by atoms with Crippen LogP contribution in [0.4, 0.5) is 8.78 Å². The predicted octanol–water partition coefficient (Wildman–Crippen LogP) is 7.16. The van der Waals surface area contributed by atoms with Gasteiger partial charge in [0, 0.05) is 18.7 Å². The molecule has 1 aromatic carbocycles. The van der Waals surface area contributed by atoms with Gasteiger partial charge in [0.1, 0.15) is 11.6 Å². The van der Waals surface area contributed by atoms with Gasteiger partial charge < -0.3 is 0 Å². The van der Waals surface area contributed by atoms with Crippen LogP contribution in [0.15, 0.2) is 106 Å². The molecule has 0 amide bonds. The number of benzene rings is 1. The first kappa shape index (κ1) is 27.1. The summed E-state index contributed by atoms with van der Waals surface area (Å²) in [5.41, 5.74) is 3.43. The molecule has 3 unspecified atom stereocenters. The van der Waals surface area contributed by atoms with Crippen LogP contribution in [0.5, 0.6) is 0 Å². The first-order valence-electron chi connectivity index (χ1n) is 12.2. The van der Waals surface area contributed by atoms with Crippen molar-refractivity contribution in [1.29, 1.82) is 0 Å². The Balaban J connectivity index is 1.70. The Morgan fingerprint density at radius 1 is 1.22 bits per heavy atom. The first-order valence-corrected chi connectivity index (χ1v) is 12.2. The molecule has 0 radical (unpaired) electrons. The van der Waals surface area contributed by atoms with Gasteiger partial charge in [-0.2, -0.15) is 5.01 Å². The number of halogens is 2. The monoisotopic (exact) mass is 491 g/mol. The zero-order valence-electron chi connectivity index (χ0n) is 21.4. The van der Waals surface area contributed by atoms with Gasteiger partial charge in [-0.05, 0) is 56.4 Å². The second-order valence-electron chi connectivity index (χ2n) is 8.90. The highest BCUT2D eigenvalue weighted by atomic mass is 19.1. The molecule has 1 aromatic rings. The minimum absolute atomic E-state index is 0.00663. The molecule has 2 aliphatic rings.